The molecule has 0 aliphatic heterocycles. The summed E-state index contributed by atoms with van der Waals surface area (Å²) in [5, 5.41) is 18.5. The van der Waals surface area contributed by atoms with Crippen LogP contribution in [0.15, 0.2) is 10.5 Å². The fraction of sp³-hybridized carbons (Fsp3) is 0.400. The Balaban J connectivity index is 3.28. The number of rotatable bonds is 2. The molecule has 0 spiro atoms. The number of aromatic hydroxyl groups is 1. The molecule has 0 fully saturated rings. The second-order valence-corrected chi connectivity index (χ2v) is 3.96. The molecule has 0 radical (unpaired) electrons. The SMILES string of the molecule is Cc1cc(Br)c(C)c(CCO)c1O. The first-order valence-corrected chi connectivity index (χ1v) is 4.95. The average molecular weight is 245 g/mol. The van der Waals surface area contributed by atoms with Gasteiger partial charge in [0.25, 0.3) is 0 Å². The molecule has 0 unspecified atom stereocenters. The lowest BCUT2D eigenvalue weighted by molar-refractivity contribution is 0.297. The largest absolute Gasteiger partial charge is 0.507 e. The summed E-state index contributed by atoms with van der Waals surface area (Å²) < 4.78 is 0.978. The lowest BCUT2D eigenvalue weighted by atomic mass is 10.0. The Morgan fingerprint density at radius 2 is 2.00 bits per heavy atom. The molecule has 0 amide bonds. The second kappa shape index (κ2) is 4.11. The van der Waals surface area contributed by atoms with Crippen molar-refractivity contribution in [3.8, 4) is 5.75 Å². The van der Waals surface area contributed by atoms with Crippen LogP contribution in [0.4, 0.5) is 0 Å². The lowest BCUT2D eigenvalue weighted by Crippen LogP contribution is -1.97. The highest BCUT2D eigenvalue weighted by atomic mass is 79.9. The first-order chi connectivity index (χ1) is 6.07. The van der Waals surface area contributed by atoms with Gasteiger partial charge in [-0.3, -0.25) is 0 Å². The second-order valence-electron chi connectivity index (χ2n) is 3.10. The minimum absolute atomic E-state index is 0.0598. The molecule has 0 bridgehead atoms. The Morgan fingerprint density at radius 3 is 2.54 bits per heavy atom. The number of phenols is 1. The highest BCUT2D eigenvalue weighted by Gasteiger charge is 2.10. The van der Waals surface area contributed by atoms with E-state index in [-0.39, 0.29) is 6.61 Å². The van der Waals surface area contributed by atoms with Crippen molar-refractivity contribution in [3.05, 3.63) is 27.2 Å². The molecule has 0 aromatic heterocycles. The summed E-state index contributed by atoms with van der Waals surface area (Å²) in [6.45, 7) is 3.83. The zero-order valence-corrected chi connectivity index (χ0v) is 9.35. The van der Waals surface area contributed by atoms with Crippen molar-refractivity contribution >= 4 is 15.9 Å². The van der Waals surface area contributed by atoms with Crippen LogP contribution in [-0.4, -0.2) is 16.8 Å². The van der Waals surface area contributed by atoms with Crippen molar-refractivity contribution < 1.29 is 10.2 Å². The average Bonchev–Trinajstić information content (AvgIpc) is 2.09. The van der Waals surface area contributed by atoms with E-state index in [1.54, 1.807) is 0 Å². The smallest absolute Gasteiger partial charge is 0.122 e. The molecule has 0 aliphatic carbocycles. The van der Waals surface area contributed by atoms with Crippen molar-refractivity contribution in [2.75, 3.05) is 6.61 Å². The van der Waals surface area contributed by atoms with Gasteiger partial charge in [-0.1, -0.05) is 15.9 Å². The standard InChI is InChI=1S/C10H13BrO2/c1-6-5-9(11)7(2)8(3-4-12)10(6)13/h5,12-13H,3-4H2,1-2H3. The third-order valence-corrected chi connectivity index (χ3v) is 3.00. The van der Waals surface area contributed by atoms with Crippen LogP contribution >= 0.6 is 15.9 Å². The third kappa shape index (κ3) is 2.03. The molecule has 1 aromatic rings. The number of hydrogen-bond acceptors (Lipinski definition) is 2. The van der Waals surface area contributed by atoms with Gasteiger partial charge >= 0.3 is 0 Å². The lowest BCUT2D eigenvalue weighted by Gasteiger charge is -2.11. The van der Waals surface area contributed by atoms with Crippen molar-refractivity contribution in [2.45, 2.75) is 20.3 Å². The van der Waals surface area contributed by atoms with E-state index in [1.165, 1.54) is 0 Å². The molecule has 3 heteroatoms. The van der Waals surface area contributed by atoms with Crippen LogP contribution < -0.4 is 0 Å². The van der Waals surface area contributed by atoms with Gasteiger partial charge in [-0.2, -0.15) is 0 Å². The van der Waals surface area contributed by atoms with E-state index in [4.69, 9.17) is 5.11 Å². The minimum atomic E-state index is 0.0598. The van der Waals surface area contributed by atoms with Crippen molar-refractivity contribution in [2.24, 2.45) is 0 Å². The van der Waals surface area contributed by atoms with E-state index in [2.05, 4.69) is 15.9 Å². The van der Waals surface area contributed by atoms with E-state index in [0.29, 0.717) is 12.2 Å². The van der Waals surface area contributed by atoms with Crippen molar-refractivity contribution in [3.63, 3.8) is 0 Å². The van der Waals surface area contributed by atoms with E-state index in [1.807, 2.05) is 19.9 Å². The number of aliphatic hydroxyl groups excluding tert-OH is 1. The summed E-state index contributed by atoms with van der Waals surface area (Å²) >= 11 is 3.41. The summed E-state index contributed by atoms with van der Waals surface area (Å²) in [4.78, 5) is 0. The fourth-order valence-electron chi connectivity index (χ4n) is 1.34. The highest BCUT2D eigenvalue weighted by molar-refractivity contribution is 9.10. The monoisotopic (exact) mass is 244 g/mol. The number of aliphatic hydroxyl groups is 1. The maximum Gasteiger partial charge on any atom is 0.122 e. The third-order valence-electron chi connectivity index (χ3n) is 2.18. The molecule has 1 aromatic carbocycles. The van der Waals surface area contributed by atoms with Gasteiger partial charge in [-0.25, -0.2) is 0 Å². The van der Waals surface area contributed by atoms with Gasteiger partial charge in [0.05, 0.1) is 0 Å². The maximum absolute atomic E-state index is 9.70. The van der Waals surface area contributed by atoms with Crippen LogP contribution in [0.5, 0.6) is 5.75 Å². The molecule has 13 heavy (non-hydrogen) atoms. The van der Waals surface area contributed by atoms with E-state index in [0.717, 1.165) is 21.2 Å². The molecular formula is C10H13BrO2. The number of hydrogen-bond donors (Lipinski definition) is 2. The van der Waals surface area contributed by atoms with E-state index >= 15 is 0 Å². The summed E-state index contributed by atoms with van der Waals surface area (Å²) in [6.07, 6.45) is 0.498. The Kier molecular flexibility index (Phi) is 3.33. The van der Waals surface area contributed by atoms with Gasteiger partial charge in [0.15, 0.2) is 0 Å². The molecule has 0 atom stereocenters. The van der Waals surface area contributed by atoms with Crippen molar-refractivity contribution in [1.82, 2.24) is 0 Å². The fourth-order valence-corrected chi connectivity index (χ4v) is 1.93. The molecule has 0 saturated carbocycles. The zero-order chi connectivity index (χ0) is 10.0. The van der Waals surface area contributed by atoms with Gasteiger partial charge < -0.3 is 10.2 Å². The van der Waals surface area contributed by atoms with Crippen LogP contribution in [0.2, 0.25) is 0 Å². The van der Waals surface area contributed by atoms with E-state index in [9.17, 15) is 5.11 Å². The highest BCUT2D eigenvalue weighted by Crippen LogP contribution is 2.31. The quantitative estimate of drug-likeness (QED) is 0.839. The van der Waals surface area contributed by atoms with Crippen LogP contribution in [0, 0.1) is 13.8 Å². The summed E-state index contributed by atoms with van der Waals surface area (Å²) in [6, 6.07) is 1.88. The van der Waals surface area contributed by atoms with E-state index < -0.39 is 0 Å². The van der Waals surface area contributed by atoms with Crippen LogP contribution in [0.1, 0.15) is 16.7 Å². The Bertz CT molecular complexity index is 295. The van der Waals surface area contributed by atoms with Gasteiger partial charge in [0.1, 0.15) is 5.75 Å². The molecular weight excluding hydrogens is 232 g/mol. The summed E-state index contributed by atoms with van der Waals surface area (Å²) in [5.74, 6) is 0.301. The maximum atomic E-state index is 9.70. The first-order valence-electron chi connectivity index (χ1n) is 4.16. The van der Waals surface area contributed by atoms with Crippen molar-refractivity contribution in [1.29, 1.82) is 0 Å². The van der Waals surface area contributed by atoms with Crippen LogP contribution in [0.25, 0.3) is 0 Å². The molecule has 0 heterocycles. The van der Waals surface area contributed by atoms with Gasteiger partial charge in [-0.15, -0.1) is 0 Å². The number of halogens is 1. The Morgan fingerprint density at radius 1 is 1.38 bits per heavy atom. The Labute approximate surface area is 86.3 Å². The number of benzene rings is 1. The number of phenolic OH excluding ortho intramolecular Hbond substituents is 1. The van der Waals surface area contributed by atoms with Crippen LogP contribution in [-0.2, 0) is 6.42 Å². The zero-order valence-electron chi connectivity index (χ0n) is 7.76. The predicted octanol–water partition coefficient (Wildman–Crippen LogP) is 2.31. The summed E-state index contributed by atoms with van der Waals surface area (Å²) in [5.41, 5.74) is 2.66. The normalized spacial score (nSPS) is 10.5. The Hall–Kier alpha value is -0.540. The van der Waals surface area contributed by atoms with Gasteiger partial charge in [0, 0.05) is 16.6 Å². The number of aryl methyl sites for hydroxylation is 1. The minimum Gasteiger partial charge on any atom is -0.507 e. The molecule has 2 nitrogen and oxygen atoms in total. The van der Waals surface area contributed by atoms with Gasteiger partial charge in [0.2, 0.25) is 0 Å². The molecule has 1 rings (SSSR count). The topological polar surface area (TPSA) is 40.5 Å². The predicted molar refractivity (Wildman–Crippen MR) is 56.1 cm³/mol. The molecule has 0 saturated heterocycles. The molecule has 0 aliphatic rings. The van der Waals surface area contributed by atoms with Gasteiger partial charge in [-0.05, 0) is 37.5 Å². The van der Waals surface area contributed by atoms with Crippen LogP contribution in [0.3, 0.4) is 0 Å². The summed E-state index contributed by atoms with van der Waals surface area (Å²) in [7, 11) is 0. The molecule has 72 valence electrons. The molecule has 2 N–H and O–H groups in total. The first kappa shape index (κ1) is 10.5.